The summed E-state index contributed by atoms with van der Waals surface area (Å²) in [5.74, 6) is -0.243. The lowest BCUT2D eigenvalue weighted by molar-refractivity contribution is 0.102. The lowest BCUT2D eigenvalue weighted by Gasteiger charge is -2.14. The molecule has 0 saturated carbocycles. The van der Waals surface area contributed by atoms with Crippen LogP contribution in [0.5, 0.6) is 17.2 Å². The Morgan fingerprint density at radius 3 is 2.62 bits per heavy atom. The van der Waals surface area contributed by atoms with Crippen molar-refractivity contribution >= 4 is 46.4 Å². The van der Waals surface area contributed by atoms with Crippen LogP contribution in [0.25, 0.3) is 0 Å². The fourth-order valence-corrected chi connectivity index (χ4v) is 3.19. The Hall–Kier alpha value is -2.67. The number of amides is 1. The molecule has 3 aromatic rings. The van der Waals surface area contributed by atoms with E-state index in [4.69, 9.17) is 44.3 Å². The molecule has 0 aliphatic carbocycles. The Balaban J connectivity index is 1.84. The van der Waals surface area contributed by atoms with E-state index in [1.54, 1.807) is 36.7 Å². The number of carbonyl (C=O) groups is 1. The first-order valence-electron chi connectivity index (χ1n) is 8.28. The number of phenols is 1. The average molecular weight is 454 g/mol. The number of anilines is 1. The Bertz CT molecular complexity index is 1020. The van der Waals surface area contributed by atoms with Crippen LogP contribution in [0.2, 0.25) is 15.1 Å². The minimum absolute atomic E-state index is 0.0508. The topological polar surface area (TPSA) is 80.7 Å². The summed E-state index contributed by atoms with van der Waals surface area (Å²) in [6.07, 6.45) is 3.36. The molecule has 0 atom stereocenters. The van der Waals surface area contributed by atoms with Gasteiger partial charge in [0, 0.05) is 29.7 Å². The fourth-order valence-electron chi connectivity index (χ4n) is 2.50. The van der Waals surface area contributed by atoms with Gasteiger partial charge in [0.05, 0.1) is 22.2 Å². The van der Waals surface area contributed by atoms with Gasteiger partial charge >= 0.3 is 0 Å². The van der Waals surface area contributed by atoms with Crippen LogP contribution >= 0.6 is 34.8 Å². The molecule has 9 heteroatoms. The van der Waals surface area contributed by atoms with Crippen molar-refractivity contribution in [2.24, 2.45) is 0 Å². The van der Waals surface area contributed by atoms with Crippen LogP contribution in [0.4, 0.5) is 5.69 Å². The Morgan fingerprint density at radius 2 is 1.93 bits per heavy atom. The maximum absolute atomic E-state index is 12.7. The zero-order valence-electron chi connectivity index (χ0n) is 15.1. The highest BCUT2D eigenvalue weighted by atomic mass is 35.5. The number of carbonyl (C=O) groups excluding carboxylic acids is 1. The summed E-state index contributed by atoms with van der Waals surface area (Å²) >= 11 is 17.9. The van der Waals surface area contributed by atoms with Gasteiger partial charge in [-0.25, -0.2) is 0 Å². The van der Waals surface area contributed by atoms with Crippen molar-refractivity contribution in [3.8, 4) is 17.2 Å². The van der Waals surface area contributed by atoms with Gasteiger partial charge < -0.3 is 19.9 Å². The van der Waals surface area contributed by atoms with Gasteiger partial charge in [-0.05, 0) is 24.3 Å². The largest absolute Gasteiger partial charge is 0.505 e. The van der Waals surface area contributed by atoms with E-state index in [1.807, 2.05) is 6.07 Å². The van der Waals surface area contributed by atoms with Crippen LogP contribution in [0.3, 0.4) is 0 Å². The molecule has 0 spiro atoms. The normalized spacial score (nSPS) is 10.5. The van der Waals surface area contributed by atoms with E-state index in [2.05, 4.69) is 10.3 Å². The molecule has 2 aromatic carbocycles. The molecule has 2 N–H and O–H groups in total. The predicted molar refractivity (Wildman–Crippen MR) is 113 cm³/mol. The Kier molecular flexibility index (Phi) is 6.69. The van der Waals surface area contributed by atoms with Crippen LogP contribution < -0.4 is 14.8 Å². The van der Waals surface area contributed by atoms with E-state index < -0.39 is 11.7 Å². The quantitative estimate of drug-likeness (QED) is 0.476. The Morgan fingerprint density at radius 1 is 1.14 bits per heavy atom. The van der Waals surface area contributed by atoms with Crippen molar-refractivity contribution in [2.75, 3.05) is 12.4 Å². The molecule has 0 fully saturated rings. The molecular formula is C20H15Cl3N2O4. The van der Waals surface area contributed by atoms with Crippen molar-refractivity contribution in [2.45, 2.75) is 6.61 Å². The zero-order chi connectivity index (χ0) is 21.0. The number of pyridine rings is 1. The third kappa shape index (κ3) is 4.85. The summed E-state index contributed by atoms with van der Waals surface area (Å²) < 4.78 is 11.1. The first-order valence-corrected chi connectivity index (χ1v) is 9.41. The first-order chi connectivity index (χ1) is 13.9. The van der Waals surface area contributed by atoms with Crippen LogP contribution in [-0.2, 0) is 6.61 Å². The summed E-state index contributed by atoms with van der Waals surface area (Å²) in [4.78, 5) is 16.7. The molecule has 3 rings (SSSR count). The summed E-state index contributed by atoms with van der Waals surface area (Å²) in [7, 11) is 1.51. The van der Waals surface area contributed by atoms with Crippen molar-refractivity contribution in [1.29, 1.82) is 0 Å². The highest BCUT2D eigenvalue weighted by Gasteiger charge is 2.21. The minimum Gasteiger partial charge on any atom is -0.505 e. The average Bonchev–Trinajstić information content (AvgIpc) is 2.72. The van der Waals surface area contributed by atoms with E-state index in [9.17, 15) is 9.90 Å². The maximum atomic E-state index is 12.7. The molecule has 0 radical (unpaired) electrons. The van der Waals surface area contributed by atoms with E-state index in [-0.39, 0.29) is 27.2 Å². The number of benzene rings is 2. The number of rotatable bonds is 6. The van der Waals surface area contributed by atoms with Gasteiger partial charge in [0.15, 0.2) is 11.5 Å². The molecule has 1 heterocycles. The van der Waals surface area contributed by atoms with Crippen molar-refractivity contribution in [3.05, 3.63) is 75.0 Å². The minimum atomic E-state index is -0.680. The van der Waals surface area contributed by atoms with E-state index in [0.29, 0.717) is 17.2 Å². The highest BCUT2D eigenvalue weighted by Crippen LogP contribution is 2.39. The number of ether oxygens (including phenoxy) is 2. The number of halogens is 3. The van der Waals surface area contributed by atoms with Gasteiger partial charge in [0.25, 0.3) is 5.91 Å². The molecular weight excluding hydrogens is 439 g/mol. The molecule has 6 nitrogen and oxygen atoms in total. The van der Waals surface area contributed by atoms with Crippen molar-refractivity contribution in [1.82, 2.24) is 4.98 Å². The lowest BCUT2D eigenvalue weighted by atomic mass is 10.1. The summed E-state index contributed by atoms with van der Waals surface area (Å²) in [6, 6.07) is 9.78. The van der Waals surface area contributed by atoms with E-state index >= 15 is 0 Å². The zero-order valence-corrected chi connectivity index (χ0v) is 17.3. The van der Waals surface area contributed by atoms with Gasteiger partial charge in [0.2, 0.25) is 0 Å². The highest BCUT2D eigenvalue weighted by molar-refractivity contribution is 6.46. The van der Waals surface area contributed by atoms with Crippen LogP contribution in [0.15, 0.2) is 48.8 Å². The van der Waals surface area contributed by atoms with Crippen LogP contribution in [0, 0.1) is 0 Å². The number of hydrogen-bond donors (Lipinski definition) is 2. The molecule has 1 aromatic heterocycles. The number of hydrogen-bond acceptors (Lipinski definition) is 5. The third-order valence-electron chi connectivity index (χ3n) is 3.91. The second-order valence-corrected chi connectivity index (χ2v) is 7.04. The predicted octanol–water partition coefficient (Wildman–Crippen LogP) is 5.59. The van der Waals surface area contributed by atoms with E-state index in [1.165, 1.54) is 13.2 Å². The number of aromatic nitrogens is 1. The van der Waals surface area contributed by atoms with E-state index in [0.717, 1.165) is 5.56 Å². The van der Waals surface area contributed by atoms with Gasteiger partial charge in [-0.3, -0.25) is 9.78 Å². The molecule has 150 valence electrons. The first kappa shape index (κ1) is 21.0. The molecule has 0 unspecified atom stereocenters. The molecule has 0 aliphatic rings. The second-order valence-electron chi connectivity index (χ2n) is 5.85. The van der Waals surface area contributed by atoms with Gasteiger partial charge in [-0.1, -0.05) is 40.9 Å². The van der Waals surface area contributed by atoms with Crippen molar-refractivity contribution < 1.29 is 19.4 Å². The SMILES string of the molecule is COc1ccc(NC(=O)c2c(O)c(Cl)cc(Cl)c2Cl)cc1OCc1cccnc1. The molecule has 0 aliphatic heterocycles. The van der Waals surface area contributed by atoms with Gasteiger partial charge in [0.1, 0.15) is 17.9 Å². The lowest BCUT2D eigenvalue weighted by Crippen LogP contribution is -2.13. The van der Waals surface area contributed by atoms with Crippen LogP contribution in [-0.4, -0.2) is 23.1 Å². The molecule has 0 saturated heterocycles. The van der Waals surface area contributed by atoms with Crippen LogP contribution in [0.1, 0.15) is 15.9 Å². The molecule has 1 amide bonds. The molecule has 29 heavy (non-hydrogen) atoms. The second kappa shape index (κ2) is 9.22. The standard InChI is InChI=1S/C20H15Cl3N2O4/c1-28-15-5-4-12(7-16(15)29-10-11-3-2-6-24-9-11)25-20(27)17-18(23)13(21)8-14(22)19(17)26/h2-9,26H,10H2,1H3,(H,25,27). The van der Waals surface area contributed by atoms with Gasteiger partial charge in [-0.2, -0.15) is 0 Å². The van der Waals surface area contributed by atoms with Gasteiger partial charge in [-0.15, -0.1) is 0 Å². The summed E-state index contributed by atoms with van der Waals surface area (Å²) in [6.45, 7) is 0.262. The van der Waals surface area contributed by atoms with Crippen molar-refractivity contribution in [3.63, 3.8) is 0 Å². The number of methoxy groups -OCH3 is 1. The summed E-state index contributed by atoms with van der Waals surface area (Å²) in [5, 5.41) is 12.6. The fraction of sp³-hybridized carbons (Fsp3) is 0.100. The summed E-state index contributed by atoms with van der Waals surface area (Å²) in [5.41, 5.74) is 1.04. The monoisotopic (exact) mass is 452 g/mol. The number of aromatic hydroxyl groups is 1. The maximum Gasteiger partial charge on any atom is 0.261 e. The Labute approximate surface area is 182 Å². The number of phenolic OH excluding ortho intramolecular Hbond substituents is 1. The number of nitrogens with one attached hydrogen (secondary N) is 1. The smallest absolute Gasteiger partial charge is 0.261 e. The molecule has 0 bridgehead atoms. The number of nitrogens with zero attached hydrogens (tertiary/aromatic N) is 1. The third-order valence-corrected chi connectivity index (χ3v) is 4.99.